The molecule has 0 aromatic carbocycles. The van der Waals surface area contributed by atoms with Gasteiger partial charge in [-0.15, -0.1) is 0 Å². The Morgan fingerprint density at radius 3 is 2.07 bits per heavy atom. The molecule has 1 radical (unpaired) electrons. The fraction of sp³-hybridized carbons (Fsp3) is 0.933. The molecule has 0 heterocycles. The van der Waals surface area contributed by atoms with Crippen molar-refractivity contribution in [2.45, 2.75) is 71.1 Å². The van der Waals surface area contributed by atoms with Gasteiger partial charge in [-0.1, -0.05) is 32.6 Å². The minimum Gasteiger partial charge on any atom is -0.0654 e. The van der Waals surface area contributed by atoms with Crippen molar-refractivity contribution in [3.63, 3.8) is 0 Å². The molecule has 0 N–H and O–H groups in total. The molecule has 2 rings (SSSR count). The summed E-state index contributed by atoms with van der Waals surface area (Å²) in [5.74, 6) is 3.28. The van der Waals surface area contributed by atoms with Crippen LogP contribution in [0.4, 0.5) is 0 Å². The lowest BCUT2D eigenvalue weighted by atomic mass is 9.70. The molecule has 2 saturated carbocycles. The van der Waals surface area contributed by atoms with Crippen LogP contribution in [0, 0.1) is 24.2 Å². The molecule has 87 valence electrons. The van der Waals surface area contributed by atoms with E-state index in [9.17, 15) is 0 Å². The van der Waals surface area contributed by atoms with Gasteiger partial charge in [0, 0.05) is 0 Å². The SMILES string of the molecule is CCCC1CCC(C2CC[CH]CC2)CC1. The van der Waals surface area contributed by atoms with Gasteiger partial charge in [0.15, 0.2) is 0 Å². The molecule has 0 unspecified atom stereocenters. The molecule has 0 heteroatoms. The lowest BCUT2D eigenvalue weighted by Gasteiger charge is -2.35. The van der Waals surface area contributed by atoms with E-state index in [1.807, 2.05) is 0 Å². The molecule has 2 aliphatic rings. The van der Waals surface area contributed by atoms with Crippen LogP contribution < -0.4 is 0 Å². The van der Waals surface area contributed by atoms with Crippen LogP contribution in [-0.4, -0.2) is 0 Å². The van der Waals surface area contributed by atoms with Crippen LogP contribution in [0.3, 0.4) is 0 Å². The molecule has 0 aromatic rings. The molecular weight excluding hydrogens is 180 g/mol. The first-order valence-corrected chi connectivity index (χ1v) is 7.21. The molecule has 0 aromatic heterocycles. The summed E-state index contributed by atoms with van der Waals surface area (Å²) in [5, 5.41) is 0. The Balaban J connectivity index is 1.72. The standard InChI is InChI=1S/C15H27/c1-2-6-13-9-11-15(12-10-13)14-7-4-3-5-8-14/h3,13-15H,2,4-12H2,1H3. The van der Waals surface area contributed by atoms with Crippen molar-refractivity contribution >= 4 is 0 Å². The normalized spacial score (nSPS) is 34.2. The van der Waals surface area contributed by atoms with Gasteiger partial charge >= 0.3 is 0 Å². The first kappa shape index (κ1) is 11.5. The van der Waals surface area contributed by atoms with Gasteiger partial charge in [0.2, 0.25) is 0 Å². The number of hydrogen-bond acceptors (Lipinski definition) is 0. The highest BCUT2D eigenvalue weighted by atomic mass is 14.3. The van der Waals surface area contributed by atoms with Crippen LogP contribution in [-0.2, 0) is 0 Å². The molecule has 0 nitrogen and oxygen atoms in total. The van der Waals surface area contributed by atoms with E-state index in [0.29, 0.717) is 0 Å². The molecule has 0 bridgehead atoms. The zero-order chi connectivity index (χ0) is 10.5. The van der Waals surface area contributed by atoms with Crippen LogP contribution in [0.1, 0.15) is 71.1 Å². The van der Waals surface area contributed by atoms with Gasteiger partial charge in [0.05, 0.1) is 0 Å². The van der Waals surface area contributed by atoms with Crippen LogP contribution >= 0.6 is 0 Å². The zero-order valence-corrected chi connectivity index (χ0v) is 10.4. The predicted molar refractivity (Wildman–Crippen MR) is 66.6 cm³/mol. The van der Waals surface area contributed by atoms with Crippen molar-refractivity contribution < 1.29 is 0 Å². The maximum atomic E-state index is 2.50. The molecule has 0 aliphatic heterocycles. The molecule has 2 aliphatic carbocycles. The largest absolute Gasteiger partial charge is 0.0654 e. The average Bonchev–Trinajstić information content (AvgIpc) is 2.32. The van der Waals surface area contributed by atoms with Crippen molar-refractivity contribution in [3.05, 3.63) is 6.42 Å². The van der Waals surface area contributed by atoms with Gasteiger partial charge in [-0.2, -0.15) is 0 Å². The van der Waals surface area contributed by atoms with Crippen LogP contribution in [0.15, 0.2) is 0 Å². The molecule has 0 amide bonds. The summed E-state index contributed by atoms with van der Waals surface area (Å²) >= 11 is 0. The topological polar surface area (TPSA) is 0 Å². The van der Waals surface area contributed by atoms with Gasteiger partial charge in [0.25, 0.3) is 0 Å². The van der Waals surface area contributed by atoms with E-state index in [1.165, 1.54) is 38.5 Å². The van der Waals surface area contributed by atoms with E-state index in [-0.39, 0.29) is 0 Å². The second-order valence-corrected chi connectivity index (χ2v) is 5.77. The molecule has 15 heavy (non-hydrogen) atoms. The Bertz CT molecular complexity index is 159. The monoisotopic (exact) mass is 207 g/mol. The van der Waals surface area contributed by atoms with E-state index in [0.717, 1.165) is 17.8 Å². The Morgan fingerprint density at radius 1 is 0.867 bits per heavy atom. The van der Waals surface area contributed by atoms with Gasteiger partial charge in [0.1, 0.15) is 0 Å². The zero-order valence-electron chi connectivity index (χ0n) is 10.4. The summed E-state index contributed by atoms with van der Waals surface area (Å²) in [6.07, 6.45) is 17.4. The van der Waals surface area contributed by atoms with Gasteiger partial charge < -0.3 is 0 Å². The lowest BCUT2D eigenvalue weighted by Crippen LogP contribution is -2.23. The molecule has 0 atom stereocenters. The van der Waals surface area contributed by atoms with E-state index in [4.69, 9.17) is 0 Å². The van der Waals surface area contributed by atoms with E-state index >= 15 is 0 Å². The first-order valence-electron chi connectivity index (χ1n) is 7.21. The lowest BCUT2D eigenvalue weighted by molar-refractivity contribution is 0.173. The summed E-state index contributed by atoms with van der Waals surface area (Å²) in [7, 11) is 0. The highest BCUT2D eigenvalue weighted by molar-refractivity contribution is 4.83. The summed E-state index contributed by atoms with van der Waals surface area (Å²) in [5.41, 5.74) is 0. The predicted octanol–water partition coefficient (Wildman–Crippen LogP) is 4.99. The first-order chi connectivity index (χ1) is 7.40. The molecule has 0 spiro atoms. The van der Waals surface area contributed by atoms with Crippen molar-refractivity contribution in [1.82, 2.24) is 0 Å². The summed E-state index contributed by atoms with van der Waals surface area (Å²) in [6.45, 7) is 2.34. The molecule has 2 fully saturated rings. The van der Waals surface area contributed by atoms with E-state index in [2.05, 4.69) is 13.3 Å². The Morgan fingerprint density at radius 2 is 1.47 bits per heavy atom. The van der Waals surface area contributed by atoms with Crippen LogP contribution in [0.2, 0.25) is 0 Å². The Labute approximate surface area is 95.8 Å². The second kappa shape index (κ2) is 5.92. The minimum atomic E-state index is 1.08. The molecular formula is C15H27. The van der Waals surface area contributed by atoms with Crippen molar-refractivity contribution in [2.75, 3.05) is 0 Å². The van der Waals surface area contributed by atoms with Crippen molar-refractivity contribution in [1.29, 1.82) is 0 Å². The Hall–Kier alpha value is 0. The van der Waals surface area contributed by atoms with Gasteiger partial charge in [-0.05, 0) is 62.7 Å². The summed E-state index contributed by atoms with van der Waals surface area (Å²) in [4.78, 5) is 0. The van der Waals surface area contributed by atoms with Crippen molar-refractivity contribution in [3.8, 4) is 0 Å². The smallest absolute Gasteiger partial charge is 0.0386 e. The van der Waals surface area contributed by atoms with E-state index < -0.39 is 0 Å². The van der Waals surface area contributed by atoms with Crippen LogP contribution in [0.5, 0.6) is 0 Å². The Kier molecular flexibility index (Phi) is 4.53. The summed E-state index contributed by atoms with van der Waals surface area (Å²) in [6, 6.07) is 0. The van der Waals surface area contributed by atoms with E-state index in [1.54, 1.807) is 25.7 Å². The average molecular weight is 207 g/mol. The maximum absolute atomic E-state index is 2.50. The second-order valence-electron chi connectivity index (χ2n) is 5.77. The van der Waals surface area contributed by atoms with Gasteiger partial charge in [-0.25, -0.2) is 0 Å². The number of hydrogen-bond donors (Lipinski definition) is 0. The third kappa shape index (κ3) is 3.23. The third-order valence-corrected chi connectivity index (χ3v) is 4.74. The highest BCUT2D eigenvalue weighted by Crippen LogP contribution is 2.40. The molecule has 0 saturated heterocycles. The highest BCUT2D eigenvalue weighted by Gasteiger charge is 2.27. The third-order valence-electron chi connectivity index (χ3n) is 4.74. The quantitative estimate of drug-likeness (QED) is 0.612. The fourth-order valence-corrected chi connectivity index (χ4v) is 3.78. The van der Waals surface area contributed by atoms with Gasteiger partial charge in [-0.3, -0.25) is 0 Å². The maximum Gasteiger partial charge on any atom is -0.0386 e. The van der Waals surface area contributed by atoms with Crippen LogP contribution in [0.25, 0.3) is 0 Å². The summed E-state index contributed by atoms with van der Waals surface area (Å²) < 4.78 is 0. The fourth-order valence-electron chi connectivity index (χ4n) is 3.78. The van der Waals surface area contributed by atoms with Crippen molar-refractivity contribution in [2.24, 2.45) is 17.8 Å². The minimum absolute atomic E-state index is 1.08. The number of rotatable bonds is 3.